The number of nitrogens with one attached hydrogen (secondary N) is 1. The van der Waals surface area contributed by atoms with Gasteiger partial charge in [0.1, 0.15) is 6.61 Å². The van der Waals surface area contributed by atoms with E-state index in [1.165, 1.54) is 13.2 Å². The Morgan fingerprint density at radius 2 is 1.78 bits per heavy atom. The van der Waals surface area contributed by atoms with E-state index in [-0.39, 0.29) is 17.9 Å². The van der Waals surface area contributed by atoms with Gasteiger partial charge in [-0.05, 0) is 24.3 Å². The lowest BCUT2D eigenvalue weighted by Gasteiger charge is -2.24. The number of fused-ring (bicyclic) bond motifs is 1. The molecule has 1 N–H and O–H groups in total. The SMILES string of the molecule is COC(=O)c1ccccc1NC(=O)COC(=O)C1COc2ccccc2O1. The fraction of sp³-hybridized carbons (Fsp3) is 0.211. The highest BCUT2D eigenvalue weighted by molar-refractivity contribution is 6.01. The lowest BCUT2D eigenvalue weighted by Crippen LogP contribution is -2.39. The third kappa shape index (κ3) is 4.35. The van der Waals surface area contributed by atoms with Gasteiger partial charge in [-0.1, -0.05) is 24.3 Å². The lowest BCUT2D eigenvalue weighted by atomic mass is 10.2. The Morgan fingerprint density at radius 3 is 2.56 bits per heavy atom. The quantitative estimate of drug-likeness (QED) is 0.800. The molecule has 2 aromatic rings. The van der Waals surface area contributed by atoms with Crippen LogP contribution in [0.4, 0.5) is 5.69 Å². The summed E-state index contributed by atoms with van der Waals surface area (Å²) in [7, 11) is 1.24. The van der Waals surface area contributed by atoms with Crippen LogP contribution in [0.5, 0.6) is 11.5 Å². The first-order chi connectivity index (χ1) is 13.1. The van der Waals surface area contributed by atoms with Crippen LogP contribution in [0.1, 0.15) is 10.4 Å². The fourth-order valence-corrected chi connectivity index (χ4v) is 2.43. The largest absolute Gasteiger partial charge is 0.485 e. The van der Waals surface area contributed by atoms with E-state index >= 15 is 0 Å². The highest BCUT2D eigenvalue weighted by atomic mass is 16.6. The van der Waals surface area contributed by atoms with Gasteiger partial charge in [-0.25, -0.2) is 9.59 Å². The van der Waals surface area contributed by atoms with Crippen molar-refractivity contribution in [3.63, 3.8) is 0 Å². The maximum absolute atomic E-state index is 12.1. The molecule has 0 saturated heterocycles. The minimum absolute atomic E-state index is 0.0113. The molecule has 0 aliphatic carbocycles. The molecule has 0 spiro atoms. The van der Waals surface area contributed by atoms with Crippen LogP contribution in [-0.2, 0) is 19.1 Å². The summed E-state index contributed by atoms with van der Waals surface area (Å²) in [6, 6.07) is 13.3. The van der Waals surface area contributed by atoms with Crippen LogP contribution in [0.3, 0.4) is 0 Å². The molecule has 1 aliphatic heterocycles. The molecule has 0 bridgehead atoms. The number of amides is 1. The smallest absolute Gasteiger partial charge is 0.351 e. The number of hydrogen-bond donors (Lipinski definition) is 1. The molecular formula is C19H17NO7. The summed E-state index contributed by atoms with van der Waals surface area (Å²) < 4.78 is 20.6. The van der Waals surface area contributed by atoms with E-state index < -0.39 is 30.6 Å². The maximum Gasteiger partial charge on any atom is 0.351 e. The van der Waals surface area contributed by atoms with Crippen molar-refractivity contribution in [2.45, 2.75) is 6.10 Å². The van der Waals surface area contributed by atoms with Gasteiger partial charge in [0.25, 0.3) is 5.91 Å². The van der Waals surface area contributed by atoms with E-state index in [9.17, 15) is 14.4 Å². The molecule has 0 radical (unpaired) electrons. The standard InChI is InChI=1S/C19H17NO7/c1-24-18(22)12-6-2-3-7-13(12)20-17(21)11-26-19(23)16-10-25-14-8-4-5-9-15(14)27-16/h2-9,16H,10-11H2,1H3,(H,20,21). The van der Waals surface area contributed by atoms with Crippen LogP contribution >= 0.6 is 0 Å². The topological polar surface area (TPSA) is 100 Å². The van der Waals surface area contributed by atoms with Crippen molar-refractivity contribution < 1.29 is 33.3 Å². The summed E-state index contributed by atoms with van der Waals surface area (Å²) in [5.74, 6) is -0.937. The zero-order valence-corrected chi connectivity index (χ0v) is 14.5. The van der Waals surface area contributed by atoms with E-state index in [0.29, 0.717) is 11.5 Å². The number of ether oxygens (including phenoxy) is 4. The molecule has 2 aromatic carbocycles. The predicted octanol–water partition coefficient (Wildman–Crippen LogP) is 1.79. The Kier molecular flexibility index (Phi) is 5.55. The summed E-state index contributed by atoms with van der Waals surface area (Å²) in [6.07, 6.45) is -0.963. The number of benzene rings is 2. The van der Waals surface area contributed by atoms with Crippen molar-refractivity contribution in [1.82, 2.24) is 0 Å². The van der Waals surface area contributed by atoms with Crippen molar-refractivity contribution in [2.24, 2.45) is 0 Å². The Balaban J connectivity index is 1.54. The zero-order valence-electron chi connectivity index (χ0n) is 14.5. The van der Waals surface area contributed by atoms with Gasteiger partial charge < -0.3 is 24.3 Å². The average molecular weight is 371 g/mol. The first-order valence-corrected chi connectivity index (χ1v) is 8.11. The van der Waals surface area contributed by atoms with Crippen molar-refractivity contribution in [3.05, 3.63) is 54.1 Å². The highest BCUT2D eigenvalue weighted by Gasteiger charge is 2.29. The number of methoxy groups -OCH3 is 1. The number of hydrogen-bond acceptors (Lipinski definition) is 7. The molecule has 3 rings (SSSR count). The average Bonchev–Trinajstić information content (AvgIpc) is 2.71. The van der Waals surface area contributed by atoms with Crippen LogP contribution in [0, 0.1) is 0 Å². The second-order valence-corrected chi connectivity index (χ2v) is 5.56. The van der Waals surface area contributed by atoms with Gasteiger partial charge >= 0.3 is 11.9 Å². The second kappa shape index (κ2) is 8.22. The minimum Gasteiger partial charge on any atom is -0.485 e. The van der Waals surface area contributed by atoms with E-state index in [4.69, 9.17) is 14.2 Å². The molecule has 140 valence electrons. The number of carbonyl (C=O) groups excluding carboxylic acids is 3. The number of anilines is 1. The van der Waals surface area contributed by atoms with E-state index in [1.54, 1.807) is 42.5 Å². The highest BCUT2D eigenvalue weighted by Crippen LogP contribution is 2.31. The lowest BCUT2D eigenvalue weighted by molar-refractivity contribution is -0.156. The minimum atomic E-state index is -0.963. The Hall–Kier alpha value is -3.55. The predicted molar refractivity (Wildman–Crippen MR) is 93.7 cm³/mol. The molecule has 8 nitrogen and oxygen atoms in total. The fourth-order valence-electron chi connectivity index (χ4n) is 2.43. The second-order valence-electron chi connectivity index (χ2n) is 5.56. The molecule has 0 aromatic heterocycles. The zero-order chi connectivity index (χ0) is 19.2. The summed E-state index contributed by atoms with van der Waals surface area (Å²) in [6.45, 7) is -0.543. The number of esters is 2. The van der Waals surface area contributed by atoms with Crippen molar-refractivity contribution in [1.29, 1.82) is 0 Å². The molecule has 1 aliphatic rings. The monoisotopic (exact) mass is 371 g/mol. The van der Waals surface area contributed by atoms with Gasteiger partial charge in [0.15, 0.2) is 18.1 Å². The number of rotatable bonds is 5. The van der Waals surface area contributed by atoms with E-state index in [2.05, 4.69) is 10.1 Å². The first-order valence-electron chi connectivity index (χ1n) is 8.11. The molecular weight excluding hydrogens is 354 g/mol. The summed E-state index contributed by atoms with van der Waals surface area (Å²) in [5, 5.41) is 2.51. The van der Waals surface area contributed by atoms with Gasteiger partial charge in [0.2, 0.25) is 6.10 Å². The van der Waals surface area contributed by atoms with Crippen molar-refractivity contribution >= 4 is 23.5 Å². The molecule has 1 heterocycles. The molecule has 27 heavy (non-hydrogen) atoms. The molecule has 0 fully saturated rings. The molecule has 1 amide bonds. The summed E-state index contributed by atoms with van der Waals surface area (Å²) in [5.41, 5.74) is 0.455. The summed E-state index contributed by atoms with van der Waals surface area (Å²) >= 11 is 0. The van der Waals surface area contributed by atoms with E-state index in [1.807, 2.05) is 0 Å². The van der Waals surface area contributed by atoms with Crippen LogP contribution in [0.25, 0.3) is 0 Å². The van der Waals surface area contributed by atoms with E-state index in [0.717, 1.165) is 0 Å². The maximum atomic E-state index is 12.1. The number of para-hydroxylation sites is 3. The van der Waals surface area contributed by atoms with Crippen molar-refractivity contribution in [2.75, 3.05) is 25.6 Å². The van der Waals surface area contributed by atoms with Gasteiger partial charge in [-0.2, -0.15) is 0 Å². The van der Waals surface area contributed by atoms with Crippen LogP contribution in [-0.4, -0.2) is 44.3 Å². The van der Waals surface area contributed by atoms with Gasteiger partial charge in [0, 0.05) is 0 Å². The summed E-state index contributed by atoms with van der Waals surface area (Å²) in [4.78, 5) is 35.9. The molecule has 8 heteroatoms. The molecule has 0 saturated carbocycles. The van der Waals surface area contributed by atoms with Crippen LogP contribution in [0.15, 0.2) is 48.5 Å². The third-order valence-corrected chi connectivity index (χ3v) is 3.72. The first kappa shape index (κ1) is 18.2. The number of carbonyl (C=O) groups is 3. The normalized spacial score (nSPS) is 14.8. The third-order valence-electron chi connectivity index (χ3n) is 3.72. The van der Waals surface area contributed by atoms with Gasteiger partial charge in [-0.15, -0.1) is 0 Å². The van der Waals surface area contributed by atoms with Gasteiger partial charge in [-0.3, -0.25) is 4.79 Å². The van der Waals surface area contributed by atoms with Crippen LogP contribution < -0.4 is 14.8 Å². The Morgan fingerprint density at radius 1 is 1.07 bits per heavy atom. The van der Waals surface area contributed by atoms with Gasteiger partial charge in [0.05, 0.1) is 18.4 Å². The molecule has 1 unspecified atom stereocenters. The Labute approximate surface area is 155 Å². The van der Waals surface area contributed by atoms with Crippen molar-refractivity contribution in [3.8, 4) is 11.5 Å². The Bertz CT molecular complexity index is 865. The molecule has 1 atom stereocenters. The van der Waals surface area contributed by atoms with Crippen LogP contribution in [0.2, 0.25) is 0 Å².